The van der Waals surface area contributed by atoms with Crippen LogP contribution in [0.3, 0.4) is 0 Å². The molecule has 5 aliphatic rings. The fourth-order valence-electron chi connectivity index (χ4n) is 7.55. The van der Waals surface area contributed by atoms with E-state index in [9.17, 15) is 68.7 Å². The summed E-state index contributed by atoms with van der Waals surface area (Å²) < 4.78 is 17.2. The lowest BCUT2D eigenvalue weighted by molar-refractivity contribution is -0.249. The first-order valence-electron chi connectivity index (χ1n) is 18.1. The number of ether oxygens (including phenoxy) is 3. The Hall–Kier alpha value is -6.16. The molecule has 20 nitrogen and oxygen atoms in total. The molecular weight excluding hydrogens is 818 g/mol. The smallest absolute Gasteiger partial charge is 0.254 e. The second kappa shape index (κ2) is 16.8. The van der Waals surface area contributed by atoms with Crippen LogP contribution in [0.5, 0.6) is 17.2 Å². The summed E-state index contributed by atoms with van der Waals surface area (Å²) in [6, 6.07) is 3.19. The number of Topliss-reactive ketones (excluding diaryl/α,β-unsaturated/α-hetero) is 1. The number of nitrogens with zero attached hydrogens (tertiary/aromatic N) is 2. The van der Waals surface area contributed by atoms with E-state index in [0.717, 1.165) is 29.2 Å². The Morgan fingerprint density at radius 3 is 2.05 bits per heavy atom. The largest absolute Gasteiger partial charge is 0.507 e. The Balaban J connectivity index is 0.000000477. The molecule has 1 saturated heterocycles. The highest BCUT2D eigenvalue weighted by atomic mass is 35.5. The summed E-state index contributed by atoms with van der Waals surface area (Å²) >= 11 is 4.98. The number of halogens is 1. The van der Waals surface area contributed by atoms with E-state index in [1.165, 1.54) is 32.2 Å². The summed E-state index contributed by atoms with van der Waals surface area (Å²) in [5, 5.41) is 56.9. The molecule has 5 amide bonds. The van der Waals surface area contributed by atoms with E-state index in [1.807, 2.05) is 0 Å². The summed E-state index contributed by atoms with van der Waals surface area (Å²) in [7, 11) is 1.29. The number of aliphatic hydroxyl groups is 3. The highest BCUT2D eigenvalue weighted by Gasteiger charge is 2.50. The minimum absolute atomic E-state index is 0.0415. The van der Waals surface area contributed by atoms with Gasteiger partial charge in [-0.25, -0.2) is 0 Å². The number of aromatic hydroxyl groups is 2. The van der Waals surface area contributed by atoms with E-state index in [2.05, 4.69) is 5.32 Å². The van der Waals surface area contributed by atoms with Crippen molar-refractivity contribution < 1.29 is 82.9 Å². The zero-order valence-electron chi connectivity index (χ0n) is 31.6. The van der Waals surface area contributed by atoms with Crippen LogP contribution < -0.4 is 10.1 Å². The van der Waals surface area contributed by atoms with Gasteiger partial charge in [-0.15, -0.1) is 0 Å². The topological polar surface area (TPSA) is 301 Å². The number of hydrogen-bond donors (Lipinski definition) is 6. The summed E-state index contributed by atoms with van der Waals surface area (Å²) in [5.41, 5.74) is -4.25. The number of carbonyl (C=O) groups excluding carboxylic acids is 9. The molecule has 3 heterocycles. The van der Waals surface area contributed by atoms with Crippen molar-refractivity contribution in [3.05, 3.63) is 75.9 Å². The van der Waals surface area contributed by atoms with Crippen molar-refractivity contribution in [2.24, 2.45) is 0 Å². The third kappa shape index (κ3) is 7.95. The number of benzene rings is 2. The first kappa shape index (κ1) is 43.4. The molecule has 4 unspecified atom stereocenters. The van der Waals surface area contributed by atoms with Gasteiger partial charge in [0.2, 0.25) is 16.9 Å². The lowest BCUT2D eigenvalue weighted by atomic mass is 9.72. The Morgan fingerprint density at radius 2 is 1.48 bits per heavy atom. The molecule has 7 rings (SSSR count). The number of amides is 5. The van der Waals surface area contributed by atoms with E-state index in [-0.39, 0.29) is 41.0 Å². The van der Waals surface area contributed by atoms with Gasteiger partial charge < -0.3 is 45.1 Å². The van der Waals surface area contributed by atoms with Gasteiger partial charge in [0, 0.05) is 60.3 Å². The van der Waals surface area contributed by atoms with Crippen molar-refractivity contribution in [2.75, 3.05) is 26.8 Å². The predicted molar refractivity (Wildman–Crippen MR) is 198 cm³/mol. The predicted octanol–water partition coefficient (Wildman–Crippen LogP) is -1.24. The zero-order valence-corrected chi connectivity index (χ0v) is 32.3. The van der Waals surface area contributed by atoms with Gasteiger partial charge in [-0.3, -0.25) is 53.0 Å². The standard InChI is InChI=1S/C33H32N2O14.C6H4ClNO3/c1-13-28(41)16(34-20(38)11-35-21(39)6-7-22(35)40)8-23(48-13)49-18-10-33(46,19(37)12-36)9-15-25(18)32(45)27-26(30(15)43)29(42)14-4-3-5-17(47-2)24(14)31(27)44;7-4(9)3-8-5(10)1-2-6(8)11/h3-7,13,16,18,23,28,36,41,43,45-46H,8-12H2,1-2H3,(H,34,38);1-2H,3H2/t13?,16?,18-,23?,28?,33-;/m0./s1. The molecule has 6 N–H and O–H groups in total. The first-order valence-corrected chi connectivity index (χ1v) is 18.5. The van der Waals surface area contributed by atoms with Crippen molar-refractivity contribution in [2.45, 2.75) is 62.4 Å². The van der Waals surface area contributed by atoms with Crippen molar-refractivity contribution >= 4 is 63.7 Å². The fraction of sp³-hybridized carbons (Fsp3) is 0.359. The molecule has 1 fully saturated rings. The monoisotopic (exact) mass is 853 g/mol. The number of imide groups is 2. The Labute approximate surface area is 343 Å². The second-order valence-corrected chi connectivity index (χ2v) is 14.6. The van der Waals surface area contributed by atoms with Crippen LogP contribution in [0.15, 0.2) is 42.5 Å². The van der Waals surface area contributed by atoms with Gasteiger partial charge in [0.15, 0.2) is 17.9 Å². The number of fused-ring (bicyclic) bond motifs is 3. The summed E-state index contributed by atoms with van der Waals surface area (Å²) in [4.78, 5) is 110. The van der Waals surface area contributed by atoms with Crippen LogP contribution >= 0.6 is 11.6 Å². The molecule has 2 aliphatic carbocycles. The molecule has 0 spiro atoms. The highest BCUT2D eigenvalue weighted by molar-refractivity contribution is 6.64. The normalized spacial score (nSPS) is 25.4. The Bertz CT molecular complexity index is 2290. The van der Waals surface area contributed by atoms with E-state index in [1.54, 1.807) is 0 Å². The molecule has 0 saturated carbocycles. The van der Waals surface area contributed by atoms with Crippen LogP contribution in [0.4, 0.5) is 0 Å². The van der Waals surface area contributed by atoms with Gasteiger partial charge in [0.05, 0.1) is 42.0 Å². The van der Waals surface area contributed by atoms with Gasteiger partial charge >= 0.3 is 0 Å². The molecule has 0 bridgehead atoms. The van der Waals surface area contributed by atoms with Crippen LogP contribution in [0.1, 0.15) is 68.8 Å². The van der Waals surface area contributed by atoms with Crippen LogP contribution in [-0.4, -0.2) is 144 Å². The molecule has 6 atom stereocenters. The van der Waals surface area contributed by atoms with Crippen molar-refractivity contribution in [1.29, 1.82) is 0 Å². The number of methoxy groups -OCH3 is 1. The second-order valence-electron chi connectivity index (χ2n) is 14.2. The maximum Gasteiger partial charge on any atom is 0.254 e. The molecule has 2 aromatic carbocycles. The average Bonchev–Trinajstić information content (AvgIpc) is 3.69. The molecule has 3 aliphatic heterocycles. The number of phenolic OH excluding ortho intramolecular Hbond substituents is 2. The SMILES string of the molecule is COc1cccc2c1C(=O)c1c(O)c3c(c(O)c1C2=O)C[C@@](O)(C(=O)CO)C[C@@H]3OC1CC(NC(=O)CN2C(=O)C=CC2=O)C(O)C(C)O1.O=C(Cl)CN1C(=O)C=CC1=O. The van der Waals surface area contributed by atoms with Gasteiger partial charge in [-0.1, -0.05) is 12.1 Å². The van der Waals surface area contributed by atoms with E-state index >= 15 is 0 Å². The quantitative estimate of drug-likeness (QED) is 0.0790. The number of phenols is 2. The number of hydrogen-bond acceptors (Lipinski definition) is 17. The molecule has 316 valence electrons. The molecule has 0 aromatic heterocycles. The van der Waals surface area contributed by atoms with Crippen molar-refractivity contribution in [1.82, 2.24) is 15.1 Å². The van der Waals surface area contributed by atoms with Crippen LogP contribution in [0.25, 0.3) is 0 Å². The number of carbonyl (C=O) groups is 9. The summed E-state index contributed by atoms with van der Waals surface area (Å²) in [6.45, 7) is -0.617. The van der Waals surface area contributed by atoms with Gasteiger partial charge in [0.1, 0.15) is 48.6 Å². The van der Waals surface area contributed by atoms with Gasteiger partial charge in [-0.2, -0.15) is 0 Å². The number of rotatable bonds is 10. The van der Waals surface area contributed by atoms with Gasteiger partial charge in [-0.05, 0) is 24.6 Å². The minimum atomic E-state index is -2.37. The van der Waals surface area contributed by atoms with Crippen molar-refractivity contribution in [3.63, 3.8) is 0 Å². The number of ketones is 3. The molecule has 60 heavy (non-hydrogen) atoms. The number of nitrogens with one attached hydrogen (secondary N) is 1. The third-order valence-corrected chi connectivity index (χ3v) is 10.6. The van der Waals surface area contributed by atoms with E-state index in [4.69, 9.17) is 25.8 Å². The molecule has 2 aromatic rings. The third-order valence-electron chi connectivity index (χ3n) is 10.5. The fourth-order valence-corrected chi connectivity index (χ4v) is 7.67. The van der Waals surface area contributed by atoms with Crippen molar-refractivity contribution in [3.8, 4) is 17.2 Å². The lowest BCUT2D eigenvalue weighted by Crippen LogP contribution is -2.57. The zero-order chi connectivity index (χ0) is 44.0. The van der Waals surface area contributed by atoms with Crippen LogP contribution in [0.2, 0.25) is 0 Å². The minimum Gasteiger partial charge on any atom is -0.507 e. The van der Waals surface area contributed by atoms with Crippen LogP contribution in [0, 0.1) is 0 Å². The summed E-state index contributed by atoms with van der Waals surface area (Å²) in [6.07, 6.45) is -2.41. The summed E-state index contributed by atoms with van der Waals surface area (Å²) in [5.74, 6) is -7.37. The van der Waals surface area contributed by atoms with E-state index in [0.29, 0.717) is 4.90 Å². The Morgan fingerprint density at radius 1 is 0.900 bits per heavy atom. The molecule has 21 heteroatoms. The maximum absolute atomic E-state index is 13.8. The average molecular weight is 854 g/mol. The Kier molecular flexibility index (Phi) is 12.2. The van der Waals surface area contributed by atoms with Crippen LogP contribution in [-0.2, 0) is 49.5 Å². The maximum atomic E-state index is 13.8. The number of aliphatic hydroxyl groups excluding tert-OH is 2. The van der Waals surface area contributed by atoms with Gasteiger partial charge in [0.25, 0.3) is 23.6 Å². The first-order chi connectivity index (χ1) is 28.3. The molecule has 0 radical (unpaired) electrons. The highest BCUT2D eigenvalue weighted by Crippen LogP contribution is 2.52. The van der Waals surface area contributed by atoms with E-state index < -0.39 is 137 Å². The molecular formula is C39H36ClN3O17. The lowest BCUT2D eigenvalue weighted by Gasteiger charge is -2.43.